The number of furan rings is 1. The Morgan fingerprint density at radius 1 is 0.984 bits per heavy atom. The molecule has 0 saturated heterocycles. The second-order valence-corrected chi connectivity index (χ2v) is 19.8. The number of ketones is 1. The van der Waals surface area contributed by atoms with Crippen molar-refractivity contribution in [1.29, 1.82) is 0 Å². The second kappa shape index (κ2) is 14.9. The average molecular weight is 875 g/mol. The van der Waals surface area contributed by atoms with E-state index in [2.05, 4.69) is 37.4 Å². The summed E-state index contributed by atoms with van der Waals surface area (Å²) in [6, 6.07) is 16.8. The number of ether oxygens (including phenoxy) is 1. The molecule has 3 saturated carbocycles. The molecule has 0 aliphatic heterocycles. The molecule has 6 aliphatic rings. The number of hydrogen-bond acceptors (Lipinski definition) is 7. The topological polar surface area (TPSA) is 112 Å². The van der Waals surface area contributed by atoms with Crippen molar-refractivity contribution in [3.63, 3.8) is 0 Å². The summed E-state index contributed by atoms with van der Waals surface area (Å²) in [7, 11) is 1.58. The van der Waals surface area contributed by atoms with E-state index in [0.29, 0.717) is 68.5 Å². The molecule has 2 heterocycles. The maximum absolute atomic E-state index is 15.2. The maximum atomic E-state index is 15.2. The van der Waals surface area contributed by atoms with Gasteiger partial charge in [-0.3, -0.25) is 4.79 Å². The Hall–Kier alpha value is -4.36. The molecule has 10 rings (SSSR count). The lowest BCUT2D eigenvalue weighted by atomic mass is 9.32. The fraction of sp³-hybridized carbons (Fsp3) is 0.458. The van der Waals surface area contributed by atoms with Crippen molar-refractivity contribution in [1.82, 2.24) is 4.90 Å². The Morgan fingerprint density at radius 2 is 1.72 bits per heavy atom. The molecule has 2 spiro atoms. The first-order valence-electron chi connectivity index (χ1n) is 21.0. The van der Waals surface area contributed by atoms with Crippen LogP contribution >= 0.6 is 22.9 Å². The third kappa shape index (κ3) is 6.61. The molecule has 3 fully saturated rings. The number of benzene rings is 2. The zero-order valence-corrected chi connectivity index (χ0v) is 35.9. The van der Waals surface area contributed by atoms with Gasteiger partial charge >= 0.3 is 12.2 Å². The number of allylic oxidation sites excluding steroid dienone is 4. The number of Topliss-reactive ketones (excluding diaryl/α,β-unsaturated/α-hetero) is 1. The number of rotatable bonds is 10. The Bertz CT molecular complexity index is 2410. The number of urea groups is 1. The maximum Gasteiger partial charge on any atom is 0.416 e. The number of anilines is 1. The van der Waals surface area contributed by atoms with Gasteiger partial charge in [-0.25, -0.2) is 4.79 Å². The molecule has 4 aromatic rings. The summed E-state index contributed by atoms with van der Waals surface area (Å²) in [5.41, 5.74) is -3.52. The number of nitrogens with zero attached hydrogens (tertiary/aromatic N) is 1. The van der Waals surface area contributed by atoms with Crippen LogP contribution in [0, 0.1) is 33.5 Å². The molecular weight excluding hydrogens is 825 g/mol. The molecule has 2 aromatic carbocycles. The Labute approximate surface area is 362 Å². The summed E-state index contributed by atoms with van der Waals surface area (Å²) >= 11 is 8.03. The number of nitrogens with one attached hydrogen (secondary N) is 1. The van der Waals surface area contributed by atoms with Gasteiger partial charge in [-0.05, 0) is 135 Å². The molecule has 1 unspecified atom stereocenters. The lowest BCUT2D eigenvalue weighted by molar-refractivity contribution is -0.174. The highest BCUT2D eigenvalue weighted by molar-refractivity contribution is 7.09. The third-order valence-corrected chi connectivity index (χ3v) is 16.9. The van der Waals surface area contributed by atoms with Crippen LogP contribution in [0.25, 0.3) is 11.3 Å². The lowest BCUT2D eigenvalue weighted by Gasteiger charge is -2.71. The molecule has 2 bridgehead atoms. The average Bonchev–Trinajstić information content (AvgIpc) is 4.00. The number of carbonyl (C=O) groups excluding carboxylic acids is 2. The van der Waals surface area contributed by atoms with Crippen molar-refractivity contribution in [3.8, 4) is 17.1 Å². The van der Waals surface area contributed by atoms with Crippen molar-refractivity contribution in [2.24, 2.45) is 33.5 Å². The number of fused-ring (bicyclic) bond motifs is 1. The van der Waals surface area contributed by atoms with Crippen LogP contribution in [0.15, 0.2) is 100 Å². The smallest absolute Gasteiger partial charge is 0.416 e. The van der Waals surface area contributed by atoms with Gasteiger partial charge in [-0.1, -0.05) is 49.7 Å². The van der Waals surface area contributed by atoms with Crippen LogP contribution in [0.3, 0.4) is 0 Å². The van der Waals surface area contributed by atoms with E-state index in [1.165, 1.54) is 18.2 Å². The van der Waals surface area contributed by atoms with E-state index in [1.807, 2.05) is 17.5 Å². The summed E-state index contributed by atoms with van der Waals surface area (Å²) in [6.07, 6.45) is 6.15. The zero-order chi connectivity index (χ0) is 43.2. The van der Waals surface area contributed by atoms with Gasteiger partial charge in [-0.2, -0.15) is 13.2 Å². The predicted octanol–water partition coefficient (Wildman–Crippen LogP) is 11.2. The van der Waals surface area contributed by atoms with Crippen LogP contribution in [0.5, 0.6) is 5.75 Å². The van der Waals surface area contributed by atoms with E-state index < -0.39 is 39.7 Å². The van der Waals surface area contributed by atoms with E-state index in [-0.39, 0.29) is 57.7 Å². The van der Waals surface area contributed by atoms with Gasteiger partial charge in [0.25, 0.3) is 0 Å². The highest BCUT2D eigenvalue weighted by Crippen LogP contribution is 2.78. The van der Waals surface area contributed by atoms with Gasteiger partial charge in [0.15, 0.2) is 5.76 Å². The molecule has 2 aromatic heterocycles. The Balaban J connectivity index is 1.08. The van der Waals surface area contributed by atoms with Crippen LogP contribution in [0.1, 0.15) is 79.8 Å². The first-order valence-corrected chi connectivity index (χ1v) is 22.3. The number of hydrogen-bond donors (Lipinski definition) is 3. The highest BCUT2D eigenvalue weighted by Gasteiger charge is 2.74. The number of alkyl halides is 3. The molecular formula is C48H50ClF3N2O6S. The second-order valence-electron chi connectivity index (χ2n) is 18.4. The van der Waals surface area contributed by atoms with Crippen molar-refractivity contribution >= 4 is 40.4 Å². The van der Waals surface area contributed by atoms with Crippen molar-refractivity contribution in [2.75, 3.05) is 25.5 Å². The van der Waals surface area contributed by atoms with Gasteiger partial charge in [0.05, 0.1) is 35.9 Å². The summed E-state index contributed by atoms with van der Waals surface area (Å²) in [5, 5.41) is 29.4. The molecule has 6 aliphatic carbocycles. The minimum atomic E-state index is -4.61. The SMILES string of the molecule is COc1ccc(NC(=O)N(CCc2cccs2)C[C@]2(O)CC[C@H]3[C@]45C=C[C@@]6(C=C4C(=O)c4ccc(-c7cc(C(F)(F)F)ccc7Cl)o4)CC(O)CC[C@]6(C)[C@H]5CC[C@@]32C)cc1. The van der Waals surface area contributed by atoms with Gasteiger partial charge in [0, 0.05) is 44.5 Å². The van der Waals surface area contributed by atoms with E-state index in [9.17, 15) is 28.2 Å². The number of aliphatic hydroxyl groups excluding tert-OH is 1. The molecule has 2 amide bonds. The van der Waals surface area contributed by atoms with Gasteiger partial charge < -0.3 is 29.6 Å². The molecule has 3 N–H and O–H groups in total. The van der Waals surface area contributed by atoms with Crippen LogP contribution in [0.4, 0.5) is 23.7 Å². The van der Waals surface area contributed by atoms with Crippen LogP contribution in [0.2, 0.25) is 5.02 Å². The summed E-state index contributed by atoms with van der Waals surface area (Å²) in [4.78, 5) is 32.2. The predicted molar refractivity (Wildman–Crippen MR) is 229 cm³/mol. The lowest BCUT2D eigenvalue weighted by Crippen LogP contribution is -2.67. The third-order valence-electron chi connectivity index (χ3n) is 15.6. The monoisotopic (exact) mass is 874 g/mol. The van der Waals surface area contributed by atoms with Gasteiger partial charge in [0.1, 0.15) is 11.5 Å². The van der Waals surface area contributed by atoms with Crippen molar-refractivity contribution < 1.29 is 42.1 Å². The van der Waals surface area contributed by atoms with E-state index in [0.717, 1.165) is 23.4 Å². The van der Waals surface area contributed by atoms with Crippen molar-refractivity contribution in [2.45, 2.75) is 83.1 Å². The molecule has 322 valence electrons. The fourth-order valence-electron chi connectivity index (χ4n) is 12.4. The van der Waals surface area contributed by atoms with E-state index in [4.69, 9.17) is 20.8 Å². The minimum Gasteiger partial charge on any atom is -0.497 e. The normalized spacial score (nSPS) is 32.4. The molecule has 13 heteroatoms. The Morgan fingerprint density at radius 3 is 2.44 bits per heavy atom. The van der Waals surface area contributed by atoms with Crippen LogP contribution in [-0.2, 0) is 12.6 Å². The Kier molecular flexibility index (Phi) is 10.2. The number of thiophene rings is 1. The summed E-state index contributed by atoms with van der Waals surface area (Å²) in [6.45, 7) is 4.87. The van der Waals surface area contributed by atoms with Crippen molar-refractivity contribution in [3.05, 3.63) is 117 Å². The first kappa shape index (κ1) is 42.0. The quantitative estimate of drug-likeness (QED) is 0.108. The van der Waals surface area contributed by atoms with Crippen LogP contribution in [-0.4, -0.2) is 58.8 Å². The number of aliphatic hydroxyl groups is 2. The molecule has 8 atom stereocenters. The van der Waals surface area contributed by atoms with E-state index in [1.54, 1.807) is 47.6 Å². The summed E-state index contributed by atoms with van der Waals surface area (Å²) in [5.74, 6) is 0.0862. The number of methoxy groups -OCH3 is 1. The highest BCUT2D eigenvalue weighted by atomic mass is 35.5. The molecule has 8 nitrogen and oxygen atoms in total. The minimum absolute atomic E-state index is 0.0116. The zero-order valence-electron chi connectivity index (χ0n) is 34.4. The number of carbonyl (C=O) groups is 2. The molecule has 0 radical (unpaired) electrons. The number of amides is 2. The van der Waals surface area contributed by atoms with Gasteiger partial charge in [-0.15, -0.1) is 11.3 Å². The van der Waals surface area contributed by atoms with Crippen LogP contribution < -0.4 is 10.1 Å². The fourth-order valence-corrected chi connectivity index (χ4v) is 13.3. The van der Waals surface area contributed by atoms with Gasteiger partial charge in [0.2, 0.25) is 5.78 Å². The number of halogens is 4. The van der Waals surface area contributed by atoms with E-state index >= 15 is 4.79 Å². The molecule has 61 heavy (non-hydrogen) atoms. The summed E-state index contributed by atoms with van der Waals surface area (Å²) < 4.78 is 52.7. The first-order chi connectivity index (χ1) is 28.9. The standard InChI is InChI=1S/C48H50ClF3N2O6S/c1-43-18-14-31(55)26-45(43)21-22-47(35(27-45)41(56)38-13-12-37(60-38)34-25-29(48(50,51)52)6-11-36(34)49)39(43)15-19-44(2)40(47)16-20-46(44,58)28-54(23-17-33-5-4-24-61-33)42(57)53-30-7-9-32(59-3)10-8-30/h4-13,21-22,24-25,27,31,39-40,55,58H,14-20,23,26,28H2,1-3H3,(H,53,57)/t31?,39-,40-,43-,44+,45+,46-,47-/m1/s1. The largest absolute Gasteiger partial charge is 0.497 e.